The second-order valence-corrected chi connectivity index (χ2v) is 6.38. The molecule has 3 rings (SSSR count). The molecule has 0 spiro atoms. The first-order valence-corrected chi connectivity index (χ1v) is 8.20. The highest BCUT2D eigenvalue weighted by molar-refractivity contribution is 6.42. The van der Waals surface area contributed by atoms with E-state index >= 15 is 0 Å². The first kappa shape index (κ1) is 14.9. The smallest absolute Gasteiger partial charge is 0.0640 e. The first-order chi connectivity index (χ1) is 10.2. The van der Waals surface area contributed by atoms with E-state index in [-0.39, 0.29) is 6.04 Å². The lowest BCUT2D eigenvalue weighted by atomic mass is 9.98. The topological polar surface area (TPSA) is 12.0 Å². The zero-order valence-electron chi connectivity index (χ0n) is 12.0. The van der Waals surface area contributed by atoms with Crippen LogP contribution in [0.15, 0.2) is 48.5 Å². The molecule has 0 radical (unpaired) electrons. The molecule has 0 bridgehead atoms. The van der Waals surface area contributed by atoms with Gasteiger partial charge in [0.1, 0.15) is 0 Å². The first-order valence-electron chi connectivity index (χ1n) is 7.44. The van der Waals surface area contributed by atoms with Crippen molar-refractivity contribution in [3.8, 4) is 0 Å². The van der Waals surface area contributed by atoms with Gasteiger partial charge in [0.2, 0.25) is 0 Å². The molecule has 0 saturated heterocycles. The lowest BCUT2D eigenvalue weighted by Crippen LogP contribution is -2.23. The Hall–Kier alpha value is -1.02. The predicted octanol–water partition coefficient (Wildman–Crippen LogP) is 5.45. The van der Waals surface area contributed by atoms with E-state index in [1.807, 2.05) is 12.1 Å². The van der Waals surface area contributed by atoms with Gasteiger partial charge in [0.25, 0.3) is 0 Å². The summed E-state index contributed by atoms with van der Waals surface area (Å²) in [6.45, 7) is 3.05. The molecule has 110 valence electrons. The average molecular weight is 320 g/mol. The van der Waals surface area contributed by atoms with Crippen molar-refractivity contribution in [3.63, 3.8) is 0 Å². The molecule has 3 heteroatoms. The van der Waals surface area contributed by atoms with Crippen LogP contribution < -0.4 is 5.32 Å². The van der Waals surface area contributed by atoms with Gasteiger partial charge in [0, 0.05) is 6.04 Å². The lowest BCUT2D eigenvalue weighted by molar-refractivity contribution is 0.487. The maximum atomic E-state index is 6.42. The van der Waals surface area contributed by atoms with Crippen molar-refractivity contribution in [2.75, 3.05) is 6.54 Å². The zero-order chi connectivity index (χ0) is 14.8. The van der Waals surface area contributed by atoms with Gasteiger partial charge in [-0.15, -0.1) is 0 Å². The molecule has 1 fully saturated rings. The van der Waals surface area contributed by atoms with Gasteiger partial charge in [-0.25, -0.2) is 0 Å². The Kier molecular flexibility index (Phi) is 4.54. The highest BCUT2D eigenvalue weighted by Gasteiger charge is 2.44. The minimum absolute atomic E-state index is 0.270. The molecule has 0 amide bonds. The molecule has 0 aliphatic heterocycles. The fourth-order valence-electron chi connectivity index (χ4n) is 3.14. The molecule has 0 aromatic heterocycles. The van der Waals surface area contributed by atoms with Crippen LogP contribution in [0, 0.1) is 5.92 Å². The second-order valence-electron chi connectivity index (χ2n) is 5.60. The maximum Gasteiger partial charge on any atom is 0.0640 e. The molecule has 1 N–H and O–H groups in total. The molecule has 2 aromatic rings. The van der Waals surface area contributed by atoms with Crippen molar-refractivity contribution in [2.24, 2.45) is 5.92 Å². The van der Waals surface area contributed by atoms with Gasteiger partial charge < -0.3 is 5.32 Å². The van der Waals surface area contributed by atoms with Crippen molar-refractivity contribution in [1.29, 1.82) is 0 Å². The number of hydrogen-bond donors (Lipinski definition) is 1. The molecule has 2 aromatic carbocycles. The molecule has 1 aliphatic rings. The number of hydrogen-bond acceptors (Lipinski definition) is 1. The van der Waals surface area contributed by atoms with Crippen LogP contribution in [0.4, 0.5) is 0 Å². The molecular weight excluding hydrogens is 301 g/mol. The Balaban J connectivity index is 1.85. The minimum atomic E-state index is 0.270. The number of nitrogens with one attached hydrogen (secondary N) is 1. The van der Waals surface area contributed by atoms with Crippen LogP contribution in [-0.2, 0) is 0 Å². The minimum Gasteiger partial charge on any atom is -0.310 e. The monoisotopic (exact) mass is 319 g/mol. The molecule has 1 saturated carbocycles. The third-order valence-electron chi connectivity index (χ3n) is 4.24. The SMILES string of the molecule is CCNC(c1cccc(Cl)c1Cl)C1CC1c1ccccc1. The van der Waals surface area contributed by atoms with Crippen molar-refractivity contribution >= 4 is 23.2 Å². The summed E-state index contributed by atoms with van der Waals surface area (Å²) in [5.41, 5.74) is 2.54. The molecule has 1 nitrogen and oxygen atoms in total. The third kappa shape index (κ3) is 3.11. The highest BCUT2D eigenvalue weighted by Crippen LogP contribution is 2.55. The second kappa shape index (κ2) is 6.39. The van der Waals surface area contributed by atoms with Gasteiger partial charge in [0.05, 0.1) is 10.0 Å². The standard InChI is InChI=1S/C18H19Cl2N/c1-2-21-18(13-9-6-10-16(19)17(13)20)15-11-14(15)12-7-4-3-5-8-12/h3-10,14-15,18,21H,2,11H2,1H3. The van der Waals surface area contributed by atoms with Crippen LogP contribution in [-0.4, -0.2) is 6.54 Å². The summed E-state index contributed by atoms with van der Waals surface area (Å²) in [6.07, 6.45) is 1.20. The number of rotatable bonds is 5. The fraction of sp³-hybridized carbons (Fsp3) is 0.333. The van der Waals surface area contributed by atoms with Crippen LogP contribution in [0.1, 0.15) is 36.4 Å². The molecule has 0 heterocycles. The molecule has 21 heavy (non-hydrogen) atoms. The van der Waals surface area contributed by atoms with Gasteiger partial charge in [0.15, 0.2) is 0 Å². The summed E-state index contributed by atoms with van der Waals surface area (Å²) in [7, 11) is 0. The van der Waals surface area contributed by atoms with Crippen LogP contribution >= 0.6 is 23.2 Å². The number of benzene rings is 2. The van der Waals surface area contributed by atoms with E-state index in [0.29, 0.717) is 21.9 Å². The van der Waals surface area contributed by atoms with Crippen LogP contribution in [0.5, 0.6) is 0 Å². The van der Waals surface area contributed by atoms with Crippen LogP contribution in [0.2, 0.25) is 10.0 Å². The van der Waals surface area contributed by atoms with Gasteiger partial charge >= 0.3 is 0 Å². The average Bonchev–Trinajstić information content (AvgIpc) is 3.29. The van der Waals surface area contributed by atoms with Crippen molar-refractivity contribution in [3.05, 3.63) is 69.7 Å². The Morgan fingerprint density at radius 1 is 1.10 bits per heavy atom. The normalized spacial score (nSPS) is 22.0. The van der Waals surface area contributed by atoms with E-state index in [9.17, 15) is 0 Å². The van der Waals surface area contributed by atoms with E-state index < -0.39 is 0 Å². The third-order valence-corrected chi connectivity index (χ3v) is 5.07. The lowest BCUT2D eigenvalue weighted by Gasteiger charge is -2.20. The quantitative estimate of drug-likeness (QED) is 0.772. The van der Waals surface area contributed by atoms with E-state index in [2.05, 4.69) is 48.6 Å². The summed E-state index contributed by atoms with van der Waals surface area (Å²) in [5.74, 6) is 1.20. The highest BCUT2D eigenvalue weighted by atomic mass is 35.5. The van der Waals surface area contributed by atoms with Gasteiger partial charge in [-0.2, -0.15) is 0 Å². The molecule has 3 unspecified atom stereocenters. The molecule has 3 atom stereocenters. The summed E-state index contributed by atoms with van der Waals surface area (Å²) >= 11 is 12.6. The Morgan fingerprint density at radius 3 is 2.57 bits per heavy atom. The van der Waals surface area contributed by atoms with Crippen LogP contribution in [0.25, 0.3) is 0 Å². The Morgan fingerprint density at radius 2 is 1.86 bits per heavy atom. The van der Waals surface area contributed by atoms with Gasteiger partial charge in [-0.1, -0.05) is 72.6 Å². The zero-order valence-corrected chi connectivity index (χ0v) is 13.5. The maximum absolute atomic E-state index is 6.42. The summed E-state index contributed by atoms with van der Waals surface area (Å²) in [5, 5.41) is 4.90. The predicted molar refractivity (Wildman–Crippen MR) is 90.2 cm³/mol. The van der Waals surface area contributed by atoms with Crippen molar-refractivity contribution < 1.29 is 0 Å². The molecular formula is C18H19Cl2N. The summed E-state index contributed by atoms with van der Waals surface area (Å²) < 4.78 is 0. The largest absolute Gasteiger partial charge is 0.310 e. The summed E-state index contributed by atoms with van der Waals surface area (Å²) in [4.78, 5) is 0. The summed E-state index contributed by atoms with van der Waals surface area (Å²) in [6, 6.07) is 16.9. The number of halogens is 2. The Labute approximate surface area is 136 Å². The van der Waals surface area contributed by atoms with E-state index in [0.717, 1.165) is 12.1 Å². The van der Waals surface area contributed by atoms with Gasteiger partial charge in [-0.3, -0.25) is 0 Å². The fourth-order valence-corrected chi connectivity index (χ4v) is 3.56. The van der Waals surface area contributed by atoms with Crippen molar-refractivity contribution in [1.82, 2.24) is 5.32 Å². The van der Waals surface area contributed by atoms with Gasteiger partial charge in [-0.05, 0) is 42.0 Å². The molecule has 1 aliphatic carbocycles. The van der Waals surface area contributed by atoms with Crippen molar-refractivity contribution in [2.45, 2.75) is 25.3 Å². The van der Waals surface area contributed by atoms with Crippen LogP contribution in [0.3, 0.4) is 0 Å². The van der Waals surface area contributed by atoms with E-state index in [4.69, 9.17) is 23.2 Å². The Bertz CT molecular complexity index is 612. The van der Waals surface area contributed by atoms with E-state index in [1.54, 1.807) is 0 Å². The van der Waals surface area contributed by atoms with E-state index in [1.165, 1.54) is 12.0 Å².